The Morgan fingerprint density at radius 3 is 2.75 bits per heavy atom. The summed E-state index contributed by atoms with van der Waals surface area (Å²) in [5, 5.41) is 18.1. The van der Waals surface area contributed by atoms with Gasteiger partial charge in [-0.2, -0.15) is 4.98 Å². The van der Waals surface area contributed by atoms with Crippen molar-refractivity contribution in [3.63, 3.8) is 0 Å². The second-order valence-electron chi connectivity index (χ2n) is 3.90. The molecule has 2 heterocycles. The first-order chi connectivity index (χ1) is 7.60. The lowest BCUT2D eigenvalue weighted by Crippen LogP contribution is -2.30. The number of aromatic nitrogens is 2. The van der Waals surface area contributed by atoms with Crippen LogP contribution < -0.4 is 11.5 Å². The monoisotopic (exact) mass is 225 g/mol. The molecule has 0 saturated heterocycles. The van der Waals surface area contributed by atoms with Crippen molar-refractivity contribution in [2.24, 2.45) is 0 Å². The first-order valence-corrected chi connectivity index (χ1v) is 5.02. The number of hydrogen-bond donors (Lipinski definition) is 4. The molecule has 0 bridgehead atoms. The third kappa shape index (κ3) is 2.06. The zero-order chi connectivity index (χ0) is 11.7. The maximum Gasteiger partial charge on any atom is 0.222 e. The Kier molecular flexibility index (Phi) is 2.90. The van der Waals surface area contributed by atoms with Gasteiger partial charge in [-0.25, -0.2) is 4.98 Å². The fourth-order valence-corrected chi connectivity index (χ4v) is 1.85. The van der Waals surface area contributed by atoms with Gasteiger partial charge in [0.05, 0.1) is 18.4 Å². The van der Waals surface area contributed by atoms with Gasteiger partial charge in [0.1, 0.15) is 5.82 Å². The summed E-state index contributed by atoms with van der Waals surface area (Å²) >= 11 is 0. The Balaban J connectivity index is 2.12. The lowest BCUT2D eigenvalue weighted by atomic mass is 10.2. The highest BCUT2D eigenvalue weighted by Crippen LogP contribution is 2.25. The minimum absolute atomic E-state index is 0.167. The molecule has 0 amide bonds. The van der Waals surface area contributed by atoms with Gasteiger partial charge in [0.15, 0.2) is 0 Å². The molecule has 88 valence electrons. The maximum atomic E-state index is 9.34. The van der Waals surface area contributed by atoms with Crippen molar-refractivity contribution in [1.29, 1.82) is 0 Å². The number of nitrogen functional groups attached to an aromatic ring is 2. The summed E-state index contributed by atoms with van der Waals surface area (Å²) in [6.45, 7) is 1.28. The average Bonchev–Trinajstić information content (AvgIpc) is 2.60. The number of hydrogen-bond acceptors (Lipinski definition) is 7. The molecular weight excluding hydrogens is 210 g/mol. The minimum Gasteiger partial charge on any atom is -0.394 e. The molecule has 0 radical (unpaired) electrons. The molecule has 1 aromatic rings. The molecule has 1 aromatic heterocycles. The van der Waals surface area contributed by atoms with Crippen LogP contribution in [-0.2, 0) is 13.1 Å². The zero-order valence-electron chi connectivity index (χ0n) is 8.80. The van der Waals surface area contributed by atoms with Gasteiger partial charge < -0.3 is 21.7 Å². The van der Waals surface area contributed by atoms with Crippen LogP contribution in [0.25, 0.3) is 0 Å². The zero-order valence-corrected chi connectivity index (χ0v) is 8.80. The van der Waals surface area contributed by atoms with E-state index in [-0.39, 0.29) is 12.6 Å². The van der Waals surface area contributed by atoms with Gasteiger partial charge >= 0.3 is 0 Å². The number of nitrogens with two attached hydrogens (primary N) is 2. The van der Waals surface area contributed by atoms with E-state index < -0.39 is 6.10 Å². The van der Waals surface area contributed by atoms with E-state index >= 15 is 0 Å². The van der Waals surface area contributed by atoms with Crippen LogP contribution in [0.5, 0.6) is 0 Å². The molecule has 1 atom stereocenters. The summed E-state index contributed by atoms with van der Waals surface area (Å²) in [5.41, 5.74) is 12.9. The van der Waals surface area contributed by atoms with Crippen LogP contribution in [0.15, 0.2) is 0 Å². The van der Waals surface area contributed by atoms with Crippen molar-refractivity contribution in [2.45, 2.75) is 19.2 Å². The standard InChI is InChI=1S/C9H15N5O2/c10-8-6-2-14(1-5(16)4-15)3-7(6)12-9(11)13-8/h5,15-16H,1-4H2,(H4,10,11,12,13). The van der Waals surface area contributed by atoms with Crippen LogP contribution in [0.1, 0.15) is 11.3 Å². The maximum absolute atomic E-state index is 9.34. The van der Waals surface area contributed by atoms with Crippen LogP contribution in [0.2, 0.25) is 0 Å². The topological polar surface area (TPSA) is 122 Å². The molecule has 1 aliphatic heterocycles. The van der Waals surface area contributed by atoms with E-state index in [4.69, 9.17) is 16.6 Å². The Morgan fingerprint density at radius 1 is 1.31 bits per heavy atom. The molecule has 1 unspecified atom stereocenters. The van der Waals surface area contributed by atoms with E-state index in [2.05, 4.69) is 9.97 Å². The molecule has 0 aromatic carbocycles. The molecule has 0 fully saturated rings. The summed E-state index contributed by atoms with van der Waals surface area (Å²) in [7, 11) is 0. The average molecular weight is 225 g/mol. The molecule has 0 spiro atoms. The van der Waals surface area contributed by atoms with Crippen molar-refractivity contribution >= 4 is 11.8 Å². The largest absolute Gasteiger partial charge is 0.394 e. The summed E-state index contributed by atoms with van der Waals surface area (Å²) in [6, 6.07) is 0. The van der Waals surface area contributed by atoms with E-state index in [0.29, 0.717) is 25.5 Å². The second-order valence-corrected chi connectivity index (χ2v) is 3.90. The van der Waals surface area contributed by atoms with E-state index in [1.165, 1.54) is 0 Å². The quantitative estimate of drug-likeness (QED) is 0.484. The molecule has 0 saturated carbocycles. The van der Waals surface area contributed by atoms with Crippen LogP contribution in [0.3, 0.4) is 0 Å². The summed E-state index contributed by atoms with van der Waals surface area (Å²) in [4.78, 5) is 9.92. The lowest BCUT2D eigenvalue weighted by Gasteiger charge is -2.17. The van der Waals surface area contributed by atoms with Crippen molar-refractivity contribution in [1.82, 2.24) is 14.9 Å². The molecule has 2 rings (SSSR count). The van der Waals surface area contributed by atoms with Crippen molar-refractivity contribution < 1.29 is 10.2 Å². The fraction of sp³-hybridized carbons (Fsp3) is 0.556. The molecule has 6 N–H and O–H groups in total. The molecule has 7 nitrogen and oxygen atoms in total. The number of aliphatic hydroxyl groups is 2. The molecule has 1 aliphatic rings. The van der Waals surface area contributed by atoms with Gasteiger partial charge in [-0.05, 0) is 0 Å². The van der Waals surface area contributed by atoms with Crippen LogP contribution in [-0.4, -0.2) is 44.3 Å². The Bertz CT molecular complexity index is 398. The number of nitrogens with zero attached hydrogens (tertiary/aromatic N) is 3. The molecule has 16 heavy (non-hydrogen) atoms. The number of rotatable bonds is 3. The second kappa shape index (κ2) is 4.20. The Morgan fingerprint density at radius 2 is 2.06 bits per heavy atom. The predicted octanol–water partition coefficient (Wildman–Crippen LogP) is -1.69. The highest BCUT2D eigenvalue weighted by molar-refractivity contribution is 5.47. The van der Waals surface area contributed by atoms with E-state index in [9.17, 15) is 5.11 Å². The highest BCUT2D eigenvalue weighted by atomic mass is 16.3. The van der Waals surface area contributed by atoms with Gasteiger partial charge in [-0.15, -0.1) is 0 Å². The predicted molar refractivity (Wildman–Crippen MR) is 58.1 cm³/mol. The Labute approximate surface area is 92.7 Å². The van der Waals surface area contributed by atoms with Gasteiger partial charge in [-0.3, -0.25) is 4.90 Å². The summed E-state index contributed by atoms with van der Waals surface area (Å²) < 4.78 is 0. The van der Waals surface area contributed by atoms with Gasteiger partial charge in [0.25, 0.3) is 0 Å². The smallest absolute Gasteiger partial charge is 0.222 e. The van der Waals surface area contributed by atoms with Crippen molar-refractivity contribution in [3.8, 4) is 0 Å². The first kappa shape index (κ1) is 11.1. The van der Waals surface area contributed by atoms with E-state index in [1.807, 2.05) is 4.90 Å². The SMILES string of the molecule is Nc1nc(N)c2c(n1)CN(CC(O)CO)C2. The first-order valence-electron chi connectivity index (χ1n) is 5.02. The number of anilines is 2. The number of β-amino-alcohol motifs (C(OH)–C–C–N with tert-alkyl or cyclic N) is 1. The van der Waals surface area contributed by atoms with Crippen LogP contribution in [0.4, 0.5) is 11.8 Å². The summed E-state index contributed by atoms with van der Waals surface area (Å²) in [5.74, 6) is 0.560. The van der Waals surface area contributed by atoms with Crippen molar-refractivity contribution in [3.05, 3.63) is 11.3 Å². The van der Waals surface area contributed by atoms with Gasteiger partial charge in [0.2, 0.25) is 5.95 Å². The van der Waals surface area contributed by atoms with Crippen LogP contribution >= 0.6 is 0 Å². The Hall–Kier alpha value is -1.44. The van der Waals surface area contributed by atoms with Crippen molar-refractivity contribution in [2.75, 3.05) is 24.6 Å². The minimum atomic E-state index is -0.749. The molecular formula is C9H15N5O2. The third-order valence-corrected chi connectivity index (χ3v) is 2.58. The van der Waals surface area contributed by atoms with Gasteiger partial charge in [0, 0.05) is 25.2 Å². The summed E-state index contributed by atoms with van der Waals surface area (Å²) in [6.07, 6.45) is -0.749. The normalized spacial score (nSPS) is 17.4. The number of fused-ring (bicyclic) bond motifs is 1. The fourth-order valence-electron chi connectivity index (χ4n) is 1.85. The molecule has 0 aliphatic carbocycles. The van der Waals surface area contributed by atoms with E-state index in [0.717, 1.165) is 11.3 Å². The highest BCUT2D eigenvalue weighted by Gasteiger charge is 2.25. The van der Waals surface area contributed by atoms with Crippen LogP contribution in [0, 0.1) is 0 Å². The lowest BCUT2D eigenvalue weighted by molar-refractivity contribution is 0.0581. The molecule has 7 heteroatoms. The van der Waals surface area contributed by atoms with Gasteiger partial charge in [-0.1, -0.05) is 0 Å². The van der Waals surface area contributed by atoms with E-state index in [1.54, 1.807) is 0 Å². The number of aliphatic hydroxyl groups excluding tert-OH is 2. The third-order valence-electron chi connectivity index (χ3n) is 2.58.